The van der Waals surface area contributed by atoms with E-state index in [1.54, 1.807) is 10.7 Å². The van der Waals surface area contributed by atoms with Gasteiger partial charge >= 0.3 is 0 Å². The first-order chi connectivity index (χ1) is 13.5. The molecule has 6 nitrogen and oxygen atoms in total. The van der Waals surface area contributed by atoms with Gasteiger partial charge in [-0.1, -0.05) is 35.9 Å². The summed E-state index contributed by atoms with van der Waals surface area (Å²) in [4.78, 5) is 12.0. The maximum atomic E-state index is 12.0. The lowest BCUT2D eigenvalue weighted by Crippen LogP contribution is -2.24. The lowest BCUT2D eigenvalue weighted by Gasteiger charge is -2.07. The molecular weight excluding hydrogens is 444 g/mol. The monoisotopic (exact) mass is 460 g/mol. The van der Waals surface area contributed by atoms with Crippen LogP contribution in [0.1, 0.15) is 16.8 Å². The van der Waals surface area contributed by atoms with Crippen LogP contribution >= 0.6 is 27.5 Å². The number of aryl methyl sites for hydroxylation is 2. The van der Waals surface area contributed by atoms with Crippen molar-refractivity contribution >= 4 is 39.7 Å². The van der Waals surface area contributed by atoms with Crippen molar-refractivity contribution in [3.63, 3.8) is 0 Å². The Bertz CT molecular complexity index is 1020. The van der Waals surface area contributed by atoms with Crippen molar-refractivity contribution < 1.29 is 9.53 Å². The number of halogens is 2. The van der Waals surface area contributed by atoms with Gasteiger partial charge in [0.05, 0.1) is 27.6 Å². The average Bonchev–Trinajstić information content (AvgIpc) is 2.96. The highest BCUT2D eigenvalue weighted by Crippen LogP contribution is 2.25. The summed E-state index contributed by atoms with van der Waals surface area (Å²) in [6.45, 7) is 3.64. The first kappa shape index (κ1) is 20.1. The van der Waals surface area contributed by atoms with Crippen molar-refractivity contribution in [2.45, 2.75) is 13.8 Å². The minimum Gasteiger partial charge on any atom is -0.483 e. The molecular formula is C20H18BrClN4O2. The van der Waals surface area contributed by atoms with Gasteiger partial charge in [0, 0.05) is 0 Å². The largest absolute Gasteiger partial charge is 0.483 e. The Hall–Kier alpha value is -2.64. The van der Waals surface area contributed by atoms with Crippen LogP contribution in [0.4, 0.5) is 0 Å². The van der Waals surface area contributed by atoms with Crippen LogP contribution in [-0.2, 0) is 4.79 Å². The number of carbonyl (C=O) groups excluding carboxylic acids is 1. The van der Waals surface area contributed by atoms with Gasteiger partial charge in [0.25, 0.3) is 5.91 Å². The number of carbonyl (C=O) groups is 1. The molecule has 3 aromatic rings. The SMILES string of the molecule is Cc1ccc(OCC(=O)NN=Cc2c(C)nn(-c3ccccc3)c2Cl)c(Br)c1. The summed E-state index contributed by atoms with van der Waals surface area (Å²) >= 11 is 9.83. The molecule has 0 aliphatic carbocycles. The van der Waals surface area contributed by atoms with Crippen molar-refractivity contribution in [3.8, 4) is 11.4 Å². The summed E-state index contributed by atoms with van der Waals surface area (Å²) < 4.78 is 7.90. The minimum absolute atomic E-state index is 0.158. The van der Waals surface area contributed by atoms with E-state index in [2.05, 4.69) is 31.6 Å². The molecule has 0 saturated heterocycles. The molecule has 0 radical (unpaired) electrons. The number of para-hydroxylation sites is 1. The van der Waals surface area contributed by atoms with Crippen LogP contribution in [0.25, 0.3) is 5.69 Å². The van der Waals surface area contributed by atoms with Gasteiger partial charge in [-0.05, 0) is 59.6 Å². The second-order valence-corrected chi connectivity index (χ2v) is 7.27. The number of nitrogens with zero attached hydrogens (tertiary/aromatic N) is 3. The second-order valence-electron chi connectivity index (χ2n) is 6.05. The Morgan fingerprint density at radius 3 is 2.75 bits per heavy atom. The van der Waals surface area contributed by atoms with Crippen LogP contribution in [-0.4, -0.2) is 28.5 Å². The number of hydrogen-bond donors (Lipinski definition) is 1. The number of hydrogen-bond acceptors (Lipinski definition) is 4. The zero-order valence-electron chi connectivity index (χ0n) is 15.3. The standard InChI is InChI=1S/C20H18BrClN4O2/c1-13-8-9-18(17(21)10-13)28-12-19(27)24-23-11-16-14(2)25-26(20(16)22)15-6-4-3-5-7-15/h3-11H,12H2,1-2H3,(H,24,27). The molecule has 3 rings (SSSR count). The molecule has 0 aliphatic heterocycles. The molecule has 0 spiro atoms. The highest BCUT2D eigenvalue weighted by atomic mass is 79.9. The van der Waals surface area contributed by atoms with Gasteiger partial charge in [0.15, 0.2) is 6.61 Å². The van der Waals surface area contributed by atoms with Crippen molar-refractivity contribution in [3.05, 3.63) is 75.0 Å². The molecule has 1 amide bonds. The maximum Gasteiger partial charge on any atom is 0.277 e. The number of aromatic nitrogens is 2. The summed E-state index contributed by atoms with van der Waals surface area (Å²) in [6, 6.07) is 15.2. The summed E-state index contributed by atoms with van der Waals surface area (Å²) in [7, 11) is 0. The summed E-state index contributed by atoms with van der Waals surface area (Å²) in [6.07, 6.45) is 1.48. The van der Waals surface area contributed by atoms with E-state index < -0.39 is 0 Å². The molecule has 1 heterocycles. The van der Waals surface area contributed by atoms with Crippen LogP contribution < -0.4 is 10.2 Å². The summed E-state index contributed by atoms with van der Waals surface area (Å²) in [5, 5.41) is 8.80. The minimum atomic E-state index is -0.382. The number of benzene rings is 2. The Balaban J connectivity index is 1.61. The van der Waals surface area contributed by atoms with Crippen LogP contribution in [0.3, 0.4) is 0 Å². The summed E-state index contributed by atoms with van der Waals surface area (Å²) in [5.74, 6) is 0.209. The fourth-order valence-electron chi connectivity index (χ4n) is 2.47. The molecule has 0 atom stereocenters. The molecule has 0 fully saturated rings. The lowest BCUT2D eigenvalue weighted by molar-refractivity contribution is -0.123. The molecule has 144 valence electrons. The predicted molar refractivity (Wildman–Crippen MR) is 113 cm³/mol. The molecule has 28 heavy (non-hydrogen) atoms. The molecule has 8 heteroatoms. The van der Waals surface area contributed by atoms with E-state index in [1.807, 2.05) is 56.3 Å². The van der Waals surface area contributed by atoms with E-state index in [9.17, 15) is 4.79 Å². The zero-order chi connectivity index (χ0) is 20.1. The number of rotatable bonds is 6. The maximum absolute atomic E-state index is 12.0. The van der Waals surface area contributed by atoms with Crippen molar-refractivity contribution in [2.75, 3.05) is 6.61 Å². The van der Waals surface area contributed by atoms with Gasteiger partial charge in [-0.2, -0.15) is 10.2 Å². The van der Waals surface area contributed by atoms with Crippen LogP contribution in [0, 0.1) is 13.8 Å². The molecule has 0 aliphatic rings. The van der Waals surface area contributed by atoms with Crippen LogP contribution in [0.2, 0.25) is 5.15 Å². The van der Waals surface area contributed by atoms with Crippen molar-refractivity contribution in [2.24, 2.45) is 5.10 Å². The molecule has 2 aromatic carbocycles. The average molecular weight is 462 g/mol. The van der Waals surface area contributed by atoms with E-state index in [0.717, 1.165) is 15.7 Å². The van der Waals surface area contributed by atoms with E-state index >= 15 is 0 Å². The third-order valence-electron chi connectivity index (χ3n) is 3.88. The first-order valence-corrected chi connectivity index (χ1v) is 9.64. The third kappa shape index (κ3) is 4.79. The topological polar surface area (TPSA) is 68.5 Å². The van der Waals surface area contributed by atoms with Crippen molar-refractivity contribution in [1.29, 1.82) is 0 Å². The Morgan fingerprint density at radius 1 is 1.29 bits per heavy atom. The van der Waals surface area contributed by atoms with Gasteiger partial charge in [-0.3, -0.25) is 4.79 Å². The highest BCUT2D eigenvalue weighted by molar-refractivity contribution is 9.10. The third-order valence-corrected chi connectivity index (χ3v) is 4.86. The molecule has 0 unspecified atom stereocenters. The molecule has 1 N–H and O–H groups in total. The lowest BCUT2D eigenvalue weighted by atomic mass is 10.2. The fraction of sp³-hybridized carbons (Fsp3) is 0.150. The van der Waals surface area contributed by atoms with E-state index in [4.69, 9.17) is 16.3 Å². The fourth-order valence-corrected chi connectivity index (χ4v) is 3.39. The van der Waals surface area contributed by atoms with Gasteiger partial charge in [0.2, 0.25) is 0 Å². The zero-order valence-corrected chi connectivity index (χ0v) is 17.7. The Morgan fingerprint density at radius 2 is 2.04 bits per heavy atom. The number of nitrogens with one attached hydrogen (secondary N) is 1. The summed E-state index contributed by atoms with van der Waals surface area (Å²) in [5.41, 5.74) is 5.70. The van der Waals surface area contributed by atoms with Gasteiger partial charge in [0.1, 0.15) is 10.9 Å². The Kier molecular flexibility index (Phi) is 6.49. The molecule has 0 bridgehead atoms. The normalized spacial score (nSPS) is 11.0. The number of amides is 1. The van der Waals surface area contributed by atoms with Gasteiger partial charge in [-0.15, -0.1) is 0 Å². The molecule has 0 saturated carbocycles. The quantitative estimate of drug-likeness (QED) is 0.436. The van der Waals surface area contributed by atoms with Crippen molar-refractivity contribution in [1.82, 2.24) is 15.2 Å². The Labute approximate surface area is 176 Å². The second kappa shape index (κ2) is 9.03. The number of ether oxygens (including phenoxy) is 1. The smallest absolute Gasteiger partial charge is 0.277 e. The van der Waals surface area contributed by atoms with Crippen LogP contribution in [0.15, 0.2) is 58.1 Å². The highest BCUT2D eigenvalue weighted by Gasteiger charge is 2.13. The van der Waals surface area contributed by atoms with Gasteiger partial charge < -0.3 is 4.74 Å². The van der Waals surface area contributed by atoms with E-state index in [1.165, 1.54) is 6.21 Å². The van der Waals surface area contributed by atoms with Gasteiger partial charge in [-0.25, -0.2) is 10.1 Å². The predicted octanol–water partition coefficient (Wildman–Crippen LogP) is 4.43. The number of hydrazone groups is 1. The van der Waals surface area contributed by atoms with E-state index in [0.29, 0.717) is 22.2 Å². The van der Waals surface area contributed by atoms with E-state index in [-0.39, 0.29) is 12.5 Å². The first-order valence-electron chi connectivity index (χ1n) is 8.47. The van der Waals surface area contributed by atoms with Crippen LogP contribution in [0.5, 0.6) is 5.75 Å². The molecule has 1 aromatic heterocycles.